The van der Waals surface area contributed by atoms with Crippen LogP contribution in [0.2, 0.25) is 0 Å². The third kappa shape index (κ3) is 2.40. The Kier molecular flexibility index (Phi) is 2.93. The summed E-state index contributed by atoms with van der Waals surface area (Å²) in [6.07, 6.45) is 1.49. The fourth-order valence-corrected chi connectivity index (χ4v) is 2.65. The van der Waals surface area contributed by atoms with Gasteiger partial charge in [-0.1, -0.05) is 23.0 Å². The number of aromatic amines is 1. The van der Waals surface area contributed by atoms with Crippen LogP contribution in [0.25, 0.3) is 10.6 Å². The van der Waals surface area contributed by atoms with Gasteiger partial charge in [-0.2, -0.15) is 5.10 Å². The topological polar surface area (TPSA) is 67.6 Å². The molecule has 0 aromatic carbocycles. The first kappa shape index (κ1) is 10.5. The maximum absolute atomic E-state index is 5.28. The van der Waals surface area contributed by atoms with Gasteiger partial charge in [0.1, 0.15) is 6.33 Å². The normalized spacial score (nSPS) is 10.8. The van der Waals surface area contributed by atoms with Crippen LogP contribution >= 0.6 is 23.1 Å². The second-order valence-corrected chi connectivity index (χ2v) is 5.15. The van der Waals surface area contributed by atoms with Crippen LogP contribution in [0.15, 0.2) is 39.6 Å². The number of hydrogen-bond acceptors (Lipinski definition) is 6. The number of rotatable bonds is 4. The predicted molar refractivity (Wildman–Crippen MR) is 65.8 cm³/mol. The van der Waals surface area contributed by atoms with Gasteiger partial charge in [-0.05, 0) is 11.4 Å². The second kappa shape index (κ2) is 4.72. The zero-order valence-electron chi connectivity index (χ0n) is 8.66. The van der Waals surface area contributed by atoms with Gasteiger partial charge in [0.25, 0.3) is 0 Å². The molecule has 0 atom stereocenters. The molecule has 0 fully saturated rings. The van der Waals surface area contributed by atoms with Gasteiger partial charge in [-0.15, -0.1) is 11.3 Å². The molecule has 7 heteroatoms. The minimum absolute atomic E-state index is 0.712. The lowest BCUT2D eigenvalue weighted by atomic mass is 10.3. The minimum Gasteiger partial charge on any atom is -0.355 e. The third-order valence-corrected chi connectivity index (χ3v) is 3.87. The Morgan fingerprint density at radius 1 is 1.47 bits per heavy atom. The lowest BCUT2D eigenvalue weighted by Gasteiger charge is -1.90. The molecule has 0 spiro atoms. The summed E-state index contributed by atoms with van der Waals surface area (Å²) in [5.41, 5.74) is 0.898. The molecule has 86 valence electrons. The highest BCUT2D eigenvalue weighted by atomic mass is 32.2. The standard InChI is InChI=1S/C10H8N4OS2/c1-2-9(16-3-1)8-4-7(14-15-8)5-17-10-11-6-12-13-10/h1-4,6H,5H2,(H,11,12,13). The van der Waals surface area contributed by atoms with Crippen LogP contribution in [0.1, 0.15) is 5.69 Å². The van der Waals surface area contributed by atoms with E-state index in [1.807, 2.05) is 23.6 Å². The van der Waals surface area contributed by atoms with E-state index in [4.69, 9.17) is 4.52 Å². The summed E-state index contributed by atoms with van der Waals surface area (Å²) in [5.74, 6) is 1.53. The fraction of sp³-hybridized carbons (Fsp3) is 0.100. The highest BCUT2D eigenvalue weighted by molar-refractivity contribution is 7.98. The average Bonchev–Trinajstić information content (AvgIpc) is 3.09. The Hall–Kier alpha value is -1.60. The maximum atomic E-state index is 5.28. The molecule has 1 N–H and O–H groups in total. The molecule has 0 saturated carbocycles. The maximum Gasteiger partial charge on any atom is 0.183 e. The summed E-state index contributed by atoms with van der Waals surface area (Å²) < 4.78 is 5.28. The summed E-state index contributed by atoms with van der Waals surface area (Å²) in [7, 11) is 0. The molecule has 17 heavy (non-hydrogen) atoms. The highest BCUT2D eigenvalue weighted by Gasteiger charge is 2.08. The van der Waals surface area contributed by atoms with Crippen molar-refractivity contribution in [1.29, 1.82) is 0 Å². The van der Waals surface area contributed by atoms with E-state index < -0.39 is 0 Å². The van der Waals surface area contributed by atoms with E-state index in [-0.39, 0.29) is 0 Å². The van der Waals surface area contributed by atoms with Crippen molar-refractivity contribution in [3.63, 3.8) is 0 Å². The van der Waals surface area contributed by atoms with Crippen molar-refractivity contribution in [3.8, 4) is 10.6 Å². The molecule has 3 rings (SSSR count). The van der Waals surface area contributed by atoms with Gasteiger partial charge in [0.05, 0.1) is 10.6 Å². The fourth-order valence-electron chi connectivity index (χ4n) is 1.32. The van der Waals surface area contributed by atoms with Crippen molar-refractivity contribution in [2.45, 2.75) is 10.9 Å². The number of aromatic nitrogens is 4. The SMILES string of the molecule is c1csc(-c2cc(CSc3ncn[nH]3)no2)c1. The summed E-state index contributed by atoms with van der Waals surface area (Å²) in [6.45, 7) is 0. The minimum atomic E-state index is 0.712. The molecule has 0 amide bonds. The molecule has 3 heterocycles. The molecule has 3 aromatic rings. The number of nitrogens with zero attached hydrogens (tertiary/aromatic N) is 3. The van der Waals surface area contributed by atoms with Gasteiger partial charge >= 0.3 is 0 Å². The van der Waals surface area contributed by atoms with Crippen LogP contribution in [-0.4, -0.2) is 20.3 Å². The van der Waals surface area contributed by atoms with E-state index in [1.165, 1.54) is 6.33 Å². The molecular weight excluding hydrogens is 256 g/mol. The smallest absolute Gasteiger partial charge is 0.183 e. The predicted octanol–water partition coefficient (Wildman–Crippen LogP) is 2.81. The summed E-state index contributed by atoms with van der Waals surface area (Å²) >= 11 is 3.18. The van der Waals surface area contributed by atoms with E-state index in [9.17, 15) is 0 Å². The van der Waals surface area contributed by atoms with Gasteiger partial charge in [-0.3, -0.25) is 5.10 Å². The van der Waals surface area contributed by atoms with Crippen LogP contribution in [0.3, 0.4) is 0 Å². The molecule has 0 unspecified atom stereocenters. The Bertz CT molecular complexity index is 573. The molecular formula is C10H8N4OS2. The number of thioether (sulfide) groups is 1. The molecule has 0 aliphatic carbocycles. The van der Waals surface area contributed by atoms with Crippen molar-refractivity contribution in [3.05, 3.63) is 35.6 Å². The van der Waals surface area contributed by atoms with E-state index >= 15 is 0 Å². The van der Waals surface area contributed by atoms with Crippen LogP contribution < -0.4 is 0 Å². The number of H-pyrrole nitrogens is 1. The molecule has 0 bridgehead atoms. The monoisotopic (exact) mass is 264 g/mol. The van der Waals surface area contributed by atoms with E-state index in [0.717, 1.165) is 21.5 Å². The second-order valence-electron chi connectivity index (χ2n) is 3.24. The largest absolute Gasteiger partial charge is 0.355 e. The van der Waals surface area contributed by atoms with Crippen molar-refractivity contribution in [2.75, 3.05) is 0 Å². The van der Waals surface area contributed by atoms with Crippen LogP contribution in [0, 0.1) is 0 Å². The molecule has 0 radical (unpaired) electrons. The van der Waals surface area contributed by atoms with E-state index in [2.05, 4.69) is 20.3 Å². The first-order valence-electron chi connectivity index (χ1n) is 4.89. The summed E-state index contributed by atoms with van der Waals surface area (Å²) in [5, 5.41) is 13.4. The number of hydrogen-bond donors (Lipinski definition) is 1. The Morgan fingerprint density at radius 3 is 3.24 bits per heavy atom. The Morgan fingerprint density at radius 2 is 2.47 bits per heavy atom. The van der Waals surface area contributed by atoms with Crippen LogP contribution in [0.5, 0.6) is 0 Å². The van der Waals surface area contributed by atoms with Gasteiger partial charge < -0.3 is 4.52 Å². The van der Waals surface area contributed by atoms with Crippen LogP contribution in [0.4, 0.5) is 0 Å². The van der Waals surface area contributed by atoms with Crippen LogP contribution in [-0.2, 0) is 5.75 Å². The summed E-state index contributed by atoms with van der Waals surface area (Å²) in [4.78, 5) is 5.12. The first-order chi connectivity index (χ1) is 8.42. The Balaban J connectivity index is 1.69. The zero-order chi connectivity index (χ0) is 11.5. The lowest BCUT2D eigenvalue weighted by Crippen LogP contribution is -1.80. The van der Waals surface area contributed by atoms with Gasteiger partial charge in [0, 0.05) is 11.8 Å². The number of thiophene rings is 1. The van der Waals surface area contributed by atoms with Crippen molar-refractivity contribution < 1.29 is 4.52 Å². The quantitative estimate of drug-likeness (QED) is 0.734. The zero-order valence-corrected chi connectivity index (χ0v) is 10.3. The molecule has 0 saturated heterocycles. The van der Waals surface area contributed by atoms with Gasteiger partial charge in [0.2, 0.25) is 0 Å². The van der Waals surface area contributed by atoms with Gasteiger partial charge in [-0.25, -0.2) is 4.98 Å². The third-order valence-electron chi connectivity index (χ3n) is 2.07. The van der Waals surface area contributed by atoms with Crippen molar-refractivity contribution >= 4 is 23.1 Å². The lowest BCUT2D eigenvalue weighted by molar-refractivity contribution is 0.427. The highest BCUT2D eigenvalue weighted by Crippen LogP contribution is 2.27. The van der Waals surface area contributed by atoms with Crippen molar-refractivity contribution in [1.82, 2.24) is 20.3 Å². The van der Waals surface area contributed by atoms with E-state index in [0.29, 0.717) is 5.75 Å². The van der Waals surface area contributed by atoms with Crippen molar-refractivity contribution in [2.24, 2.45) is 0 Å². The van der Waals surface area contributed by atoms with E-state index in [1.54, 1.807) is 23.1 Å². The number of nitrogens with one attached hydrogen (secondary N) is 1. The summed E-state index contributed by atoms with van der Waals surface area (Å²) in [6, 6.07) is 5.96. The molecule has 5 nitrogen and oxygen atoms in total. The molecule has 0 aliphatic heterocycles. The molecule has 0 aliphatic rings. The first-order valence-corrected chi connectivity index (χ1v) is 6.76. The van der Waals surface area contributed by atoms with Gasteiger partial charge in [0.15, 0.2) is 10.9 Å². The average molecular weight is 264 g/mol. The molecule has 3 aromatic heterocycles. The Labute approximate surface area is 105 Å².